The summed E-state index contributed by atoms with van der Waals surface area (Å²) in [6, 6.07) is 14.0. The minimum Gasteiger partial charge on any atom is -0.497 e. The number of rotatable bonds is 7. The zero-order chi connectivity index (χ0) is 26.5. The number of methoxy groups -OCH3 is 1. The molecule has 0 aliphatic carbocycles. The summed E-state index contributed by atoms with van der Waals surface area (Å²) < 4.78 is 10.6. The van der Waals surface area contributed by atoms with Crippen LogP contribution < -0.4 is 10.1 Å². The molecule has 1 N–H and O–H groups in total. The number of benzene rings is 2. The number of likely N-dealkylation sites (N-methyl/N-ethyl adjacent to an activating group) is 1. The van der Waals surface area contributed by atoms with Crippen LogP contribution in [0, 0.1) is 6.92 Å². The van der Waals surface area contributed by atoms with Crippen molar-refractivity contribution in [1.29, 1.82) is 0 Å². The van der Waals surface area contributed by atoms with E-state index in [4.69, 9.17) is 9.47 Å². The second kappa shape index (κ2) is 11.5. The molecule has 9 heteroatoms. The molecule has 2 aliphatic heterocycles. The van der Waals surface area contributed by atoms with Gasteiger partial charge in [-0.2, -0.15) is 0 Å². The molecule has 1 saturated heterocycles. The molecule has 1 fully saturated rings. The summed E-state index contributed by atoms with van der Waals surface area (Å²) in [4.78, 5) is 44.5. The fourth-order valence-electron chi connectivity index (χ4n) is 4.64. The van der Waals surface area contributed by atoms with Crippen LogP contribution in [0.1, 0.15) is 34.5 Å². The van der Waals surface area contributed by atoms with Gasteiger partial charge in [0.2, 0.25) is 0 Å². The van der Waals surface area contributed by atoms with Gasteiger partial charge in [0.15, 0.2) is 0 Å². The van der Waals surface area contributed by atoms with Crippen LogP contribution in [-0.2, 0) is 9.53 Å². The quantitative estimate of drug-likeness (QED) is 0.581. The van der Waals surface area contributed by atoms with E-state index in [1.54, 1.807) is 45.3 Å². The molecule has 0 radical (unpaired) electrons. The number of esters is 1. The standard InChI is InChI=1S/C28H34N4O5/c1-5-37-27(34)24-23(30(3)28(35)29-25(24)20-8-6-19(2)7-9-20)18-31-14-16-32(17-15-31)26(33)21-10-12-22(36-4)13-11-21/h6-13,25H,5,14-18H2,1-4H3,(H,29,35). The van der Waals surface area contributed by atoms with E-state index in [9.17, 15) is 14.4 Å². The first kappa shape index (κ1) is 26.2. The molecule has 2 aromatic rings. The number of urea groups is 1. The van der Waals surface area contributed by atoms with Crippen LogP contribution >= 0.6 is 0 Å². The van der Waals surface area contributed by atoms with Crippen molar-refractivity contribution in [1.82, 2.24) is 20.0 Å². The van der Waals surface area contributed by atoms with Gasteiger partial charge in [-0.3, -0.25) is 14.6 Å². The van der Waals surface area contributed by atoms with Crippen molar-refractivity contribution in [2.24, 2.45) is 0 Å². The minimum atomic E-state index is -0.601. The van der Waals surface area contributed by atoms with Crippen molar-refractivity contribution < 1.29 is 23.9 Å². The highest BCUT2D eigenvalue weighted by atomic mass is 16.5. The van der Waals surface area contributed by atoms with Gasteiger partial charge in [0.25, 0.3) is 5.91 Å². The van der Waals surface area contributed by atoms with E-state index in [1.807, 2.05) is 36.1 Å². The number of carbonyl (C=O) groups excluding carboxylic acids is 3. The first-order valence-electron chi connectivity index (χ1n) is 12.5. The predicted molar refractivity (Wildman–Crippen MR) is 139 cm³/mol. The smallest absolute Gasteiger partial charge is 0.338 e. The van der Waals surface area contributed by atoms with Crippen molar-refractivity contribution in [3.8, 4) is 5.75 Å². The van der Waals surface area contributed by atoms with Crippen LogP contribution in [-0.4, -0.2) is 86.1 Å². The van der Waals surface area contributed by atoms with Gasteiger partial charge in [0.05, 0.1) is 25.3 Å². The second-order valence-electron chi connectivity index (χ2n) is 9.23. The molecule has 0 bridgehead atoms. The largest absolute Gasteiger partial charge is 0.497 e. The molecule has 2 aliphatic rings. The maximum absolute atomic E-state index is 13.2. The highest BCUT2D eigenvalue weighted by molar-refractivity contribution is 5.95. The Bertz CT molecular complexity index is 1170. The molecule has 2 aromatic carbocycles. The average Bonchev–Trinajstić information content (AvgIpc) is 2.91. The van der Waals surface area contributed by atoms with Crippen LogP contribution in [0.25, 0.3) is 0 Å². The van der Waals surface area contributed by atoms with Gasteiger partial charge in [-0.15, -0.1) is 0 Å². The van der Waals surface area contributed by atoms with Gasteiger partial charge < -0.3 is 19.7 Å². The Morgan fingerprint density at radius 2 is 1.65 bits per heavy atom. The molecule has 1 atom stereocenters. The van der Waals surface area contributed by atoms with Crippen LogP contribution in [0.5, 0.6) is 5.75 Å². The number of ether oxygens (including phenoxy) is 2. The summed E-state index contributed by atoms with van der Waals surface area (Å²) in [7, 11) is 3.26. The van der Waals surface area contributed by atoms with Gasteiger partial charge in [0, 0.05) is 51.0 Å². The summed E-state index contributed by atoms with van der Waals surface area (Å²) in [5, 5.41) is 2.95. The van der Waals surface area contributed by atoms with Crippen LogP contribution in [0.15, 0.2) is 59.8 Å². The number of nitrogens with one attached hydrogen (secondary N) is 1. The van der Waals surface area contributed by atoms with Crippen molar-refractivity contribution in [2.45, 2.75) is 19.9 Å². The maximum atomic E-state index is 13.2. The highest BCUT2D eigenvalue weighted by Crippen LogP contribution is 2.32. The zero-order valence-corrected chi connectivity index (χ0v) is 21.8. The van der Waals surface area contributed by atoms with Gasteiger partial charge in [-0.25, -0.2) is 9.59 Å². The number of piperazine rings is 1. The first-order chi connectivity index (χ1) is 17.8. The number of nitrogens with zero attached hydrogens (tertiary/aromatic N) is 3. The third-order valence-electron chi connectivity index (χ3n) is 6.85. The lowest BCUT2D eigenvalue weighted by atomic mass is 9.93. The van der Waals surface area contributed by atoms with E-state index in [2.05, 4.69) is 10.2 Å². The van der Waals surface area contributed by atoms with E-state index in [0.717, 1.165) is 11.1 Å². The topological polar surface area (TPSA) is 91.4 Å². The molecular formula is C28H34N4O5. The van der Waals surface area contributed by atoms with Gasteiger partial charge in [0.1, 0.15) is 5.75 Å². The van der Waals surface area contributed by atoms with Crippen molar-refractivity contribution in [3.63, 3.8) is 0 Å². The molecule has 4 rings (SSSR count). The van der Waals surface area contributed by atoms with Crippen LogP contribution in [0.3, 0.4) is 0 Å². The van der Waals surface area contributed by atoms with E-state index < -0.39 is 12.0 Å². The maximum Gasteiger partial charge on any atom is 0.338 e. The van der Waals surface area contributed by atoms with Gasteiger partial charge in [-0.1, -0.05) is 29.8 Å². The van der Waals surface area contributed by atoms with E-state index in [1.165, 1.54) is 4.90 Å². The molecule has 196 valence electrons. The SMILES string of the molecule is CCOC(=O)C1=C(CN2CCN(C(=O)c3ccc(OC)cc3)CC2)N(C)C(=O)NC1c1ccc(C)cc1. The predicted octanol–water partition coefficient (Wildman–Crippen LogP) is 2.97. The molecular weight excluding hydrogens is 472 g/mol. The summed E-state index contributed by atoms with van der Waals surface area (Å²) in [5.74, 6) is 0.238. The number of carbonyl (C=O) groups is 3. The summed E-state index contributed by atoms with van der Waals surface area (Å²) in [5.41, 5.74) is 3.58. The molecule has 3 amide bonds. The number of hydrogen-bond donors (Lipinski definition) is 1. The van der Waals surface area contributed by atoms with E-state index in [-0.39, 0.29) is 18.5 Å². The van der Waals surface area contributed by atoms with E-state index in [0.29, 0.717) is 55.3 Å². The molecule has 37 heavy (non-hydrogen) atoms. The number of amides is 3. The third kappa shape index (κ3) is 5.77. The average molecular weight is 507 g/mol. The van der Waals surface area contributed by atoms with Crippen molar-refractivity contribution in [3.05, 3.63) is 76.5 Å². The Morgan fingerprint density at radius 1 is 1.00 bits per heavy atom. The molecule has 9 nitrogen and oxygen atoms in total. The second-order valence-corrected chi connectivity index (χ2v) is 9.23. The Kier molecular flexibility index (Phi) is 8.13. The molecule has 0 saturated carbocycles. The molecule has 2 heterocycles. The van der Waals surface area contributed by atoms with Crippen LogP contribution in [0.2, 0.25) is 0 Å². The normalized spacial score (nSPS) is 18.5. The van der Waals surface area contributed by atoms with E-state index >= 15 is 0 Å². The summed E-state index contributed by atoms with van der Waals surface area (Å²) in [6.45, 7) is 6.71. The molecule has 1 unspecified atom stereocenters. The zero-order valence-electron chi connectivity index (χ0n) is 21.8. The van der Waals surface area contributed by atoms with Gasteiger partial charge >= 0.3 is 12.0 Å². The molecule has 0 spiro atoms. The Balaban J connectivity index is 1.53. The lowest BCUT2D eigenvalue weighted by Crippen LogP contribution is -2.53. The van der Waals surface area contributed by atoms with Gasteiger partial charge in [-0.05, 0) is 43.7 Å². The minimum absolute atomic E-state index is 0.0256. The molecule has 0 aromatic heterocycles. The number of aryl methyl sites for hydroxylation is 1. The fraction of sp³-hybridized carbons (Fsp3) is 0.393. The van der Waals surface area contributed by atoms with Crippen molar-refractivity contribution >= 4 is 17.9 Å². The summed E-state index contributed by atoms with van der Waals surface area (Å²) >= 11 is 0. The Hall–Kier alpha value is -3.85. The third-order valence-corrected chi connectivity index (χ3v) is 6.85. The monoisotopic (exact) mass is 506 g/mol. The first-order valence-corrected chi connectivity index (χ1v) is 12.5. The van der Waals surface area contributed by atoms with Crippen molar-refractivity contribution in [2.75, 3.05) is 53.5 Å². The fourth-order valence-corrected chi connectivity index (χ4v) is 4.64. The Morgan fingerprint density at radius 3 is 2.24 bits per heavy atom. The summed E-state index contributed by atoms with van der Waals surface area (Å²) in [6.07, 6.45) is 0. The number of hydrogen-bond acceptors (Lipinski definition) is 6. The highest BCUT2D eigenvalue weighted by Gasteiger charge is 2.37. The Labute approximate surface area is 217 Å². The van der Waals surface area contributed by atoms with Crippen LogP contribution in [0.4, 0.5) is 4.79 Å². The lowest BCUT2D eigenvalue weighted by molar-refractivity contribution is -0.139. The lowest BCUT2D eigenvalue weighted by Gasteiger charge is -2.39.